The van der Waals surface area contributed by atoms with E-state index in [0.717, 1.165) is 29.0 Å². The Balaban J connectivity index is 0.000000192. The van der Waals surface area contributed by atoms with Crippen LogP contribution in [0.3, 0.4) is 0 Å². The number of halogens is 4. The zero-order chi connectivity index (χ0) is 43.1. The molecule has 0 aliphatic carbocycles. The maximum Gasteiger partial charge on any atom is 0.307 e. The standard InChI is InChI=1S/C23H16F2N4O.C13H9F2NO2.C9H8N4.CH4/c24-21-10-15(1-4-20(21)16-5-6-28-23(25)11-16)9-19(30)12-18-3-2-17(13-29-18)22-14-26-7-8-27-22;14-11-5-8(6-13(17)18)1-2-10(11)9-3-4-16-12(15)7-9;10-9-2-1-7(5-13-9)8-6-11-3-4-12-8;/h1-8,10-11,13-14H,9,12H2;1-5,7H,6H2,(H,17,18);1-6H,(H2,10,13);1H4. The second kappa shape index (κ2) is 21.7. The zero-order valence-corrected chi connectivity index (χ0v) is 31.9. The van der Waals surface area contributed by atoms with Gasteiger partial charge in [-0.2, -0.15) is 8.78 Å². The molecule has 0 aliphatic heterocycles. The molecule has 12 nitrogen and oxygen atoms in total. The molecule has 6 aromatic heterocycles. The first-order chi connectivity index (χ1) is 29.5. The van der Waals surface area contributed by atoms with Crippen molar-refractivity contribution in [2.24, 2.45) is 0 Å². The van der Waals surface area contributed by atoms with Crippen LogP contribution in [0.5, 0.6) is 0 Å². The average Bonchev–Trinajstić information content (AvgIpc) is 3.25. The minimum absolute atomic E-state index is 0. The maximum atomic E-state index is 14.5. The molecule has 0 fully saturated rings. The summed E-state index contributed by atoms with van der Waals surface area (Å²) in [4.78, 5) is 54.4. The van der Waals surface area contributed by atoms with Crippen molar-refractivity contribution in [3.63, 3.8) is 0 Å². The molecule has 16 heteroatoms. The lowest BCUT2D eigenvalue weighted by Gasteiger charge is -2.07. The Morgan fingerprint density at radius 3 is 1.44 bits per heavy atom. The lowest BCUT2D eigenvalue weighted by molar-refractivity contribution is -0.136. The van der Waals surface area contributed by atoms with Crippen molar-refractivity contribution >= 4 is 17.6 Å². The number of rotatable bonds is 10. The van der Waals surface area contributed by atoms with Gasteiger partial charge in [0, 0.05) is 102 Å². The van der Waals surface area contributed by atoms with Crippen LogP contribution >= 0.6 is 0 Å². The first-order valence-electron chi connectivity index (χ1n) is 18.2. The number of nitrogen functional groups attached to an aromatic ring is 1. The van der Waals surface area contributed by atoms with Gasteiger partial charge >= 0.3 is 5.97 Å². The van der Waals surface area contributed by atoms with Crippen LogP contribution in [0.2, 0.25) is 0 Å². The number of Topliss-reactive ketones (excluding diaryl/α,β-unsaturated/α-hetero) is 1. The van der Waals surface area contributed by atoms with Gasteiger partial charge in [-0.1, -0.05) is 31.7 Å². The quantitative estimate of drug-likeness (QED) is 0.0989. The summed E-state index contributed by atoms with van der Waals surface area (Å²) in [5, 5.41) is 8.60. The van der Waals surface area contributed by atoms with Gasteiger partial charge in [0.25, 0.3) is 0 Å². The molecule has 0 amide bonds. The summed E-state index contributed by atoms with van der Waals surface area (Å²) in [5.74, 6) is -3.08. The van der Waals surface area contributed by atoms with E-state index in [2.05, 4.69) is 39.9 Å². The second-order valence-corrected chi connectivity index (χ2v) is 13.0. The molecular formula is C46H37F4N9O3. The lowest BCUT2D eigenvalue weighted by Crippen LogP contribution is -2.08. The Hall–Kier alpha value is -8.14. The Labute approximate surface area is 353 Å². The summed E-state index contributed by atoms with van der Waals surface area (Å²) >= 11 is 0. The molecule has 0 radical (unpaired) electrons. The highest BCUT2D eigenvalue weighted by Crippen LogP contribution is 2.25. The number of carbonyl (C=O) groups is 2. The van der Waals surface area contributed by atoms with Gasteiger partial charge in [-0.25, -0.2) is 23.7 Å². The number of nitrogens with two attached hydrogens (primary N) is 1. The average molecular weight is 840 g/mol. The number of benzene rings is 2. The number of anilines is 1. The van der Waals surface area contributed by atoms with Gasteiger partial charge in [-0.15, -0.1) is 0 Å². The van der Waals surface area contributed by atoms with E-state index in [0.29, 0.717) is 39.5 Å². The highest BCUT2D eigenvalue weighted by atomic mass is 19.1. The number of carbonyl (C=O) groups excluding carboxylic acids is 1. The van der Waals surface area contributed by atoms with Crippen LogP contribution in [0.1, 0.15) is 24.2 Å². The molecule has 3 N–H and O–H groups in total. The lowest BCUT2D eigenvalue weighted by atomic mass is 10.0. The smallest absolute Gasteiger partial charge is 0.307 e. The number of aliphatic carboxylic acids is 1. The predicted octanol–water partition coefficient (Wildman–Crippen LogP) is 8.64. The molecule has 0 unspecified atom stereocenters. The molecule has 0 atom stereocenters. The maximum absolute atomic E-state index is 14.5. The Morgan fingerprint density at radius 2 is 1.02 bits per heavy atom. The normalized spacial score (nSPS) is 10.3. The van der Waals surface area contributed by atoms with E-state index in [4.69, 9.17) is 10.8 Å². The van der Waals surface area contributed by atoms with Gasteiger partial charge < -0.3 is 10.8 Å². The Kier molecular flexibility index (Phi) is 15.8. The number of pyridine rings is 4. The monoisotopic (exact) mass is 839 g/mol. The Morgan fingerprint density at radius 1 is 0.500 bits per heavy atom. The molecule has 0 bridgehead atoms. The third-order valence-electron chi connectivity index (χ3n) is 8.61. The molecule has 312 valence electrons. The summed E-state index contributed by atoms with van der Waals surface area (Å²) in [6.45, 7) is 0. The topological polar surface area (TPSA) is 184 Å². The van der Waals surface area contributed by atoms with Crippen molar-refractivity contribution in [3.8, 4) is 44.8 Å². The number of nitrogens with zero attached hydrogens (tertiary/aromatic N) is 8. The summed E-state index contributed by atoms with van der Waals surface area (Å²) in [5.41, 5.74) is 11.4. The minimum atomic E-state index is -1.03. The van der Waals surface area contributed by atoms with E-state index >= 15 is 0 Å². The first kappa shape index (κ1) is 45.0. The largest absolute Gasteiger partial charge is 0.481 e. The highest BCUT2D eigenvalue weighted by Gasteiger charge is 2.12. The van der Waals surface area contributed by atoms with E-state index in [1.54, 1.807) is 73.8 Å². The van der Waals surface area contributed by atoms with Gasteiger partial charge in [0.2, 0.25) is 11.9 Å². The van der Waals surface area contributed by atoms with Crippen molar-refractivity contribution in [1.82, 2.24) is 39.9 Å². The highest BCUT2D eigenvalue weighted by molar-refractivity contribution is 5.83. The van der Waals surface area contributed by atoms with Crippen molar-refractivity contribution in [2.45, 2.75) is 26.7 Å². The number of hydrogen-bond donors (Lipinski definition) is 2. The second-order valence-electron chi connectivity index (χ2n) is 13.0. The van der Waals surface area contributed by atoms with E-state index < -0.39 is 29.5 Å². The fourth-order valence-electron chi connectivity index (χ4n) is 5.75. The van der Waals surface area contributed by atoms with Gasteiger partial charge in [0.1, 0.15) is 23.2 Å². The predicted molar refractivity (Wildman–Crippen MR) is 225 cm³/mol. The number of hydrogen-bond acceptors (Lipinski definition) is 11. The number of ketones is 1. The SMILES string of the molecule is C.Nc1ccc(-c2cnccn2)cn1.O=C(Cc1ccc(-c2ccnc(F)c2)c(F)c1)Cc1ccc(-c2cnccn2)cn1.O=C(O)Cc1ccc(-c2ccnc(F)c2)c(F)c1. The van der Waals surface area contributed by atoms with Crippen LogP contribution in [-0.2, 0) is 28.9 Å². The third-order valence-corrected chi connectivity index (χ3v) is 8.61. The van der Waals surface area contributed by atoms with Crippen molar-refractivity contribution < 1.29 is 32.3 Å². The minimum Gasteiger partial charge on any atom is -0.481 e. The summed E-state index contributed by atoms with van der Waals surface area (Å²) in [7, 11) is 0. The van der Waals surface area contributed by atoms with Crippen molar-refractivity contribution in [2.75, 3.05) is 5.73 Å². The van der Waals surface area contributed by atoms with Crippen LogP contribution in [-0.4, -0.2) is 56.7 Å². The molecule has 0 saturated carbocycles. The van der Waals surface area contributed by atoms with Gasteiger partial charge in [0.05, 0.1) is 30.2 Å². The molecule has 6 heterocycles. The number of carboxylic acids is 1. The van der Waals surface area contributed by atoms with Crippen molar-refractivity contribution in [3.05, 3.63) is 187 Å². The van der Waals surface area contributed by atoms with E-state index in [1.807, 2.05) is 12.1 Å². The molecule has 0 aliphatic rings. The van der Waals surface area contributed by atoms with Crippen LogP contribution in [0, 0.1) is 23.5 Å². The molecule has 8 aromatic rings. The van der Waals surface area contributed by atoms with E-state index in [9.17, 15) is 27.2 Å². The molecule has 2 aromatic carbocycles. The summed E-state index contributed by atoms with van der Waals surface area (Å²) in [6.07, 6.45) is 15.6. The molecule has 8 rings (SSSR count). The van der Waals surface area contributed by atoms with Crippen LogP contribution in [0.15, 0.2) is 147 Å². The molecule has 0 spiro atoms. The fraction of sp³-hybridized carbons (Fsp3) is 0.0870. The van der Waals surface area contributed by atoms with Crippen LogP contribution < -0.4 is 5.73 Å². The zero-order valence-electron chi connectivity index (χ0n) is 31.9. The Bertz CT molecular complexity index is 2730. The van der Waals surface area contributed by atoms with Gasteiger partial charge in [-0.05, 0) is 70.8 Å². The first-order valence-corrected chi connectivity index (χ1v) is 18.2. The van der Waals surface area contributed by atoms with Gasteiger partial charge in [-0.3, -0.25) is 34.5 Å². The number of aromatic nitrogens is 8. The van der Waals surface area contributed by atoms with Crippen LogP contribution in [0.25, 0.3) is 44.8 Å². The third kappa shape index (κ3) is 12.9. The number of carboxylic acid groups (broad SMARTS) is 1. The molecular weight excluding hydrogens is 803 g/mol. The summed E-state index contributed by atoms with van der Waals surface area (Å²) in [6, 6.07) is 21.1. The van der Waals surface area contributed by atoms with Crippen LogP contribution in [0.4, 0.5) is 23.4 Å². The van der Waals surface area contributed by atoms with Crippen molar-refractivity contribution in [1.29, 1.82) is 0 Å². The molecule has 62 heavy (non-hydrogen) atoms. The van der Waals surface area contributed by atoms with E-state index in [-0.39, 0.29) is 43.6 Å². The van der Waals surface area contributed by atoms with E-state index in [1.165, 1.54) is 48.8 Å². The molecule has 0 saturated heterocycles. The van der Waals surface area contributed by atoms with Gasteiger partial charge in [0.15, 0.2) is 0 Å². The summed E-state index contributed by atoms with van der Waals surface area (Å²) < 4.78 is 54.5. The fourth-order valence-corrected chi connectivity index (χ4v) is 5.75.